The second-order valence-electron chi connectivity index (χ2n) is 6.77. The number of nitrogens with zero attached hydrogens (tertiary/aromatic N) is 1. The van der Waals surface area contributed by atoms with E-state index >= 15 is 0 Å². The van der Waals surface area contributed by atoms with Gasteiger partial charge in [-0.15, -0.1) is 6.58 Å². The van der Waals surface area contributed by atoms with Crippen LogP contribution in [0.25, 0.3) is 10.9 Å². The zero-order valence-corrected chi connectivity index (χ0v) is 14.1. The third-order valence-corrected chi connectivity index (χ3v) is 5.39. The van der Waals surface area contributed by atoms with E-state index in [0.717, 1.165) is 36.2 Å². The molecule has 0 bridgehead atoms. The summed E-state index contributed by atoms with van der Waals surface area (Å²) in [6.07, 6.45) is 6.78. The molecule has 2 saturated heterocycles. The van der Waals surface area contributed by atoms with Crippen LogP contribution < -0.4 is 10.1 Å². The molecule has 0 saturated carbocycles. The van der Waals surface area contributed by atoms with Gasteiger partial charge in [-0.2, -0.15) is 0 Å². The van der Waals surface area contributed by atoms with Crippen molar-refractivity contribution in [2.45, 2.75) is 25.0 Å². The van der Waals surface area contributed by atoms with Gasteiger partial charge in [-0.05, 0) is 61.1 Å². The summed E-state index contributed by atoms with van der Waals surface area (Å²) in [6.45, 7) is 6.14. The molecule has 1 N–H and O–H groups in total. The van der Waals surface area contributed by atoms with E-state index in [9.17, 15) is 0 Å². The molecule has 4 unspecified atom stereocenters. The number of ether oxygens (including phenoxy) is 2. The highest BCUT2D eigenvalue weighted by Gasteiger charge is 2.43. The number of methoxy groups -OCH3 is 1. The molecule has 1 aromatic heterocycles. The topological polar surface area (TPSA) is 46.7 Å². The van der Waals surface area contributed by atoms with Gasteiger partial charge in [0, 0.05) is 18.1 Å². The number of epoxide rings is 1. The molecule has 126 valence electrons. The Labute approximate surface area is 142 Å². The highest BCUT2D eigenvalue weighted by molar-refractivity contribution is 5.84. The second-order valence-corrected chi connectivity index (χ2v) is 6.77. The molecule has 24 heavy (non-hydrogen) atoms. The van der Waals surface area contributed by atoms with E-state index in [4.69, 9.17) is 9.47 Å². The smallest absolute Gasteiger partial charge is 0.119 e. The average molecular weight is 324 g/mol. The maximum Gasteiger partial charge on any atom is 0.119 e. The molecule has 2 fully saturated rings. The summed E-state index contributed by atoms with van der Waals surface area (Å²) >= 11 is 0. The van der Waals surface area contributed by atoms with Gasteiger partial charge in [-0.25, -0.2) is 0 Å². The number of pyridine rings is 1. The predicted molar refractivity (Wildman–Crippen MR) is 95.2 cm³/mol. The summed E-state index contributed by atoms with van der Waals surface area (Å²) in [5.41, 5.74) is 2.22. The van der Waals surface area contributed by atoms with Gasteiger partial charge in [0.2, 0.25) is 0 Å². The first-order valence-electron chi connectivity index (χ1n) is 8.71. The Morgan fingerprint density at radius 1 is 1.42 bits per heavy atom. The quantitative estimate of drug-likeness (QED) is 0.675. The number of rotatable bonds is 5. The fourth-order valence-electron chi connectivity index (χ4n) is 3.92. The largest absolute Gasteiger partial charge is 0.497 e. The van der Waals surface area contributed by atoms with E-state index < -0.39 is 0 Å². The van der Waals surface area contributed by atoms with E-state index in [2.05, 4.69) is 35.1 Å². The molecule has 4 heteroatoms. The van der Waals surface area contributed by atoms with Crippen LogP contribution >= 0.6 is 0 Å². The van der Waals surface area contributed by atoms with Crippen LogP contribution in [0.3, 0.4) is 0 Å². The standard InChI is InChI=1S/C20H24N2O2/c1-3-13-12-21-8-6-14(13)10-19-20(24-19)16-7-9-22-18-5-4-15(23-2)11-17(16)18/h3-5,7,9,11,13-14,19-21H,1,6,8,10,12H2,2H3. The van der Waals surface area contributed by atoms with Crippen molar-refractivity contribution in [3.63, 3.8) is 0 Å². The minimum absolute atomic E-state index is 0.183. The van der Waals surface area contributed by atoms with E-state index in [0.29, 0.717) is 17.9 Å². The van der Waals surface area contributed by atoms with Crippen LogP contribution in [0, 0.1) is 11.8 Å². The lowest BCUT2D eigenvalue weighted by molar-refractivity contribution is 0.253. The number of hydrogen-bond acceptors (Lipinski definition) is 4. The van der Waals surface area contributed by atoms with Crippen LogP contribution in [0.4, 0.5) is 0 Å². The summed E-state index contributed by atoms with van der Waals surface area (Å²) in [5, 5.41) is 4.59. The van der Waals surface area contributed by atoms with Crippen LogP contribution in [-0.4, -0.2) is 31.3 Å². The highest BCUT2D eigenvalue weighted by Crippen LogP contribution is 2.46. The molecule has 0 aliphatic carbocycles. The molecule has 2 aliphatic rings. The Hall–Kier alpha value is -1.91. The van der Waals surface area contributed by atoms with Gasteiger partial charge in [0.1, 0.15) is 11.9 Å². The van der Waals surface area contributed by atoms with E-state index in [1.165, 1.54) is 12.0 Å². The van der Waals surface area contributed by atoms with Crippen LogP contribution in [0.5, 0.6) is 5.75 Å². The van der Waals surface area contributed by atoms with Gasteiger partial charge < -0.3 is 14.8 Å². The molecule has 2 aromatic rings. The number of aromatic nitrogens is 1. The fourth-order valence-corrected chi connectivity index (χ4v) is 3.92. The summed E-state index contributed by atoms with van der Waals surface area (Å²) in [5.74, 6) is 2.08. The lowest BCUT2D eigenvalue weighted by Gasteiger charge is -2.29. The number of fused-ring (bicyclic) bond motifs is 1. The van der Waals surface area contributed by atoms with Crippen molar-refractivity contribution >= 4 is 10.9 Å². The molecule has 4 atom stereocenters. The van der Waals surface area contributed by atoms with E-state index in [1.807, 2.05) is 18.3 Å². The first-order valence-corrected chi connectivity index (χ1v) is 8.71. The molecule has 2 aliphatic heterocycles. The predicted octanol–water partition coefficient (Wildman–Crippen LogP) is 3.49. The number of hydrogen-bond donors (Lipinski definition) is 1. The molecule has 0 radical (unpaired) electrons. The molecular formula is C20H24N2O2. The third kappa shape index (κ3) is 2.92. The van der Waals surface area contributed by atoms with Crippen LogP contribution in [0.2, 0.25) is 0 Å². The Balaban J connectivity index is 1.53. The summed E-state index contributed by atoms with van der Waals surface area (Å²) in [7, 11) is 1.69. The maximum atomic E-state index is 6.06. The van der Waals surface area contributed by atoms with Gasteiger partial charge in [0.15, 0.2) is 0 Å². The Morgan fingerprint density at radius 2 is 2.33 bits per heavy atom. The maximum absolute atomic E-state index is 6.06. The average Bonchev–Trinajstić information content (AvgIpc) is 3.40. The van der Waals surface area contributed by atoms with Gasteiger partial charge in [-0.1, -0.05) is 6.08 Å². The zero-order chi connectivity index (χ0) is 16.5. The molecule has 4 rings (SSSR count). The molecule has 0 amide bonds. The second kappa shape index (κ2) is 6.54. The van der Waals surface area contributed by atoms with Crippen molar-refractivity contribution in [1.29, 1.82) is 0 Å². The number of benzene rings is 1. The zero-order valence-electron chi connectivity index (χ0n) is 14.1. The SMILES string of the molecule is C=CC1CNCCC1CC1OC1c1ccnc2ccc(OC)cc12. The molecule has 1 aromatic carbocycles. The van der Waals surface area contributed by atoms with Crippen LogP contribution in [0.15, 0.2) is 43.1 Å². The lowest BCUT2D eigenvalue weighted by atomic mass is 9.82. The monoisotopic (exact) mass is 324 g/mol. The van der Waals surface area contributed by atoms with Gasteiger partial charge in [-0.3, -0.25) is 4.98 Å². The Kier molecular flexibility index (Phi) is 4.25. The van der Waals surface area contributed by atoms with E-state index in [-0.39, 0.29) is 6.10 Å². The highest BCUT2D eigenvalue weighted by atomic mass is 16.6. The van der Waals surface area contributed by atoms with Crippen LogP contribution in [0.1, 0.15) is 24.5 Å². The lowest BCUT2D eigenvalue weighted by Crippen LogP contribution is -2.36. The van der Waals surface area contributed by atoms with Gasteiger partial charge in [0.25, 0.3) is 0 Å². The molecule has 4 nitrogen and oxygen atoms in total. The van der Waals surface area contributed by atoms with Crippen LogP contribution in [-0.2, 0) is 4.74 Å². The summed E-state index contributed by atoms with van der Waals surface area (Å²) < 4.78 is 11.4. The minimum Gasteiger partial charge on any atom is -0.497 e. The van der Waals surface area contributed by atoms with Gasteiger partial charge in [0.05, 0.1) is 18.7 Å². The molecule has 3 heterocycles. The minimum atomic E-state index is 0.183. The first kappa shape index (κ1) is 15.6. The third-order valence-electron chi connectivity index (χ3n) is 5.39. The first-order chi connectivity index (χ1) is 11.8. The van der Waals surface area contributed by atoms with E-state index in [1.54, 1.807) is 7.11 Å². The fraction of sp³-hybridized carbons (Fsp3) is 0.450. The van der Waals surface area contributed by atoms with Crippen molar-refractivity contribution in [1.82, 2.24) is 10.3 Å². The molecular weight excluding hydrogens is 300 g/mol. The molecule has 0 spiro atoms. The normalized spacial score (nSPS) is 29.4. The van der Waals surface area contributed by atoms with Gasteiger partial charge >= 0.3 is 0 Å². The Morgan fingerprint density at radius 3 is 3.17 bits per heavy atom. The van der Waals surface area contributed by atoms with Crippen molar-refractivity contribution < 1.29 is 9.47 Å². The number of piperidine rings is 1. The van der Waals surface area contributed by atoms with Crippen molar-refractivity contribution in [2.24, 2.45) is 11.8 Å². The van der Waals surface area contributed by atoms with Crippen molar-refractivity contribution in [3.8, 4) is 5.75 Å². The van der Waals surface area contributed by atoms with Crippen molar-refractivity contribution in [3.05, 3.63) is 48.7 Å². The summed E-state index contributed by atoms with van der Waals surface area (Å²) in [6, 6.07) is 8.11. The number of nitrogens with one attached hydrogen (secondary N) is 1. The Bertz CT molecular complexity index is 745. The summed E-state index contributed by atoms with van der Waals surface area (Å²) in [4.78, 5) is 4.46. The van der Waals surface area contributed by atoms with Crippen molar-refractivity contribution in [2.75, 3.05) is 20.2 Å².